The highest BCUT2D eigenvalue weighted by atomic mass is 19.4. The van der Waals surface area contributed by atoms with Crippen LogP contribution < -0.4 is 20.9 Å². The minimum absolute atomic E-state index is 0.286. The van der Waals surface area contributed by atoms with E-state index in [0.29, 0.717) is 35.9 Å². The minimum Gasteiger partial charge on any atom is -0.475 e. The third kappa shape index (κ3) is 5.03. The van der Waals surface area contributed by atoms with Crippen LogP contribution in [0.2, 0.25) is 0 Å². The Morgan fingerprint density at radius 2 is 1.97 bits per heavy atom. The highest BCUT2D eigenvalue weighted by molar-refractivity contribution is 6.04. The van der Waals surface area contributed by atoms with Gasteiger partial charge >= 0.3 is 18.2 Å². The summed E-state index contributed by atoms with van der Waals surface area (Å²) in [5.41, 5.74) is 8.62. The van der Waals surface area contributed by atoms with Gasteiger partial charge in [-0.15, -0.1) is 0 Å². The van der Waals surface area contributed by atoms with Gasteiger partial charge in [0.1, 0.15) is 11.3 Å². The molecule has 1 saturated heterocycles. The lowest BCUT2D eigenvalue weighted by Crippen LogP contribution is -2.50. The molecular weight excluding hydrogens is 486 g/mol. The summed E-state index contributed by atoms with van der Waals surface area (Å²) in [6.07, 6.45) is -0.892. The van der Waals surface area contributed by atoms with Crippen molar-refractivity contribution in [3.05, 3.63) is 42.0 Å². The molecule has 2 aliphatic rings. The minimum atomic E-state index is -5.08. The zero-order valence-electron chi connectivity index (χ0n) is 19.1. The summed E-state index contributed by atoms with van der Waals surface area (Å²) in [6, 6.07) is 4.69. The summed E-state index contributed by atoms with van der Waals surface area (Å²) in [4.78, 5) is 30.1. The second kappa shape index (κ2) is 9.60. The van der Waals surface area contributed by atoms with Crippen molar-refractivity contribution in [1.82, 2.24) is 14.8 Å². The maximum Gasteiger partial charge on any atom is 0.490 e. The lowest BCUT2D eigenvalue weighted by Gasteiger charge is -2.41. The number of amides is 2. The van der Waals surface area contributed by atoms with E-state index in [4.69, 9.17) is 15.6 Å². The number of urea groups is 1. The number of hydrogen-bond acceptors (Lipinski definition) is 6. The molecule has 4 N–H and O–H groups in total. The van der Waals surface area contributed by atoms with E-state index >= 15 is 0 Å². The van der Waals surface area contributed by atoms with Gasteiger partial charge in [0.2, 0.25) is 0 Å². The average molecular weight is 509 g/mol. The van der Waals surface area contributed by atoms with E-state index in [1.54, 1.807) is 35.1 Å². The first-order valence-corrected chi connectivity index (χ1v) is 10.9. The lowest BCUT2D eigenvalue weighted by molar-refractivity contribution is -0.192. The number of rotatable bonds is 3. The summed E-state index contributed by atoms with van der Waals surface area (Å²) in [5, 5.41) is 14.6. The second-order valence-electron chi connectivity index (χ2n) is 8.47. The smallest absolute Gasteiger partial charge is 0.475 e. The van der Waals surface area contributed by atoms with Gasteiger partial charge in [0.25, 0.3) is 0 Å². The average Bonchev–Trinajstić information content (AvgIpc) is 3.36. The number of nitrogens with one attached hydrogen (secondary N) is 1. The normalized spacial score (nSPS) is 15.3. The predicted octanol–water partition coefficient (Wildman–Crippen LogP) is 2.73. The fourth-order valence-electron chi connectivity index (χ4n) is 4.16. The fourth-order valence-corrected chi connectivity index (χ4v) is 4.16. The number of aryl methyl sites for hydroxylation is 1. The van der Waals surface area contributed by atoms with Gasteiger partial charge in [-0.2, -0.15) is 18.3 Å². The maximum atomic E-state index is 14.3. The molecule has 0 radical (unpaired) electrons. The molecule has 1 fully saturated rings. The van der Waals surface area contributed by atoms with Crippen molar-refractivity contribution in [3.63, 3.8) is 0 Å². The Morgan fingerprint density at radius 1 is 1.28 bits per heavy atom. The van der Waals surface area contributed by atoms with Crippen LogP contribution >= 0.6 is 0 Å². The zero-order chi connectivity index (χ0) is 26.2. The molecule has 192 valence electrons. The lowest BCUT2D eigenvalue weighted by atomic mass is 9.98. The number of aliphatic carboxylic acids is 1. The summed E-state index contributed by atoms with van der Waals surface area (Å²) in [6.45, 7) is 3.10. The maximum absolute atomic E-state index is 14.3. The van der Waals surface area contributed by atoms with Gasteiger partial charge in [-0.1, -0.05) is 0 Å². The summed E-state index contributed by atoms with van der Waals surface area (Å²) in [5.74, 6) is -2.03. The number of anilines is 3. The van der Waals surface area contributed by atoms with Crippen molar-refractivity contribution in [1.29, 1.82) is 0 Å². The summed E-state index contributed by atoms with van der Waals surface area (Å²) >= 11 is 0. The van der Waals surface area contributed by atoms with Crippen molar-refractivity contribution < 1.29 is 32.3 Å². The third-order valence-corrected chi connectivity index (χ3v) is 5.90. The molecule has 1 aromatic carbocycles. The van der Waals surface area contributed by atoms with E-state index in [2.05, 4.69) is 20.3 Å². The molecule has 4 heterocycles. The number of benzene rings is 1. The van der Waals surface area contributed by atoms with Crippen molar-refractivity contribution in [2.45, 2.75) is 12.6 Å². The highest BCUT2D eigenvalue weighted by Crippen LogP contribution is 2.36. The standard InChI is InChI=1S/C20H22FN7O.C2HF3O2/c1-26-11-13-6-14(7-16(21)18(13)25-26)24-20(29)28-5-3-15-17(2-4-23-19(15)28)27-9-12(8-22)10-27;3-2(4,5)1(6)7/h2,4,6-7,11-12H,3,5,8-10,22H2,1H3,(H,24,29);(H,6,7). The largest absolute Gasteiger partial charge is 0.490 e. The molecule has 2 aliphatic heterocycles. The fraction of sp³-hybridized carbons (Fsp3) is 0.364. The van der Waals surface area contributed by atoms with Crippen LogP contribution in [0.3, 0.4) is 0 Å². The van der Waals surface area contributed by atoms with E-state index in [9.17, 15) is 22.4 Å². The van der Waals surface area contributed by atoms with Crippen LogP contribution in [0.4, 0.5) is 39.5 Å². The van der Waals surface area contributed by atoms with Gasteiger partial charge in [-0.25, -0.2) is 19.0 Å². The van der Waals surface area contributed by atoms with Crippen LogP contribution in [0.1, 0.15) is 5.56 Å². The number of nitrogens with zero attached hydrogens (tertiary/aromatic N) is 5. The number of carboxylic acids is 1. The molecule has 0 bridgehead atoms. The SMILES string of the molecule is Cn1cc2cc(NC(=O)N3CCc4c(N5CC(CN)C5)ccnc43)cc(F)c2n1.O=C(O)C(F)(F)F. The third-order valence-electron chi connectivity index (χ3n) is 5.90. The monoisotopic (exact) mass is 509 g/mol. The Bertz CT molecular complexity index is 1300. The highest BCUT2D eigenvalue weighted by Gasteiger charge is 2.38. The molecule has 2 amide bonds. The Hall–Kier alpha value is -3.94. The molecule has 14 heteroatoms. The molecular formula is C22H23F4N7O3. The second-order valence-corrected chi connectivity index (χ2v) is 8.47. The number of carbonyl (C=O) groups excluding carboxylic acids is 1. The van der Waals surface area contributed by atoms with Crippen LogP contribution in [-0.2, 0) is 18.3 Å². The molecule has 3 aromatic rings. The first-order valence-electron chi connectivity index (χ1n) is 10.9. The molecule has 10 nitrogen and oxygen atoms in total. The number of halogens is 4. The van der Waals surface area contributed by atoms with E-state index in [-0.39, 0.29) is 11.5 Å². The van der Waals surface area contributed by atoms with Crippen LogP contribution in [-0.4, -0.2) is 64.2 Å². The first-order chi connectivity index (χ1) is 17.0. The van der Waals surface area contributed by atoms with Crippen molar-refractivity contribution >= 4 is 40.1 Å². The van der Waals surface area contributed by atoms with Crippen molar-refractivity contribution in [3.8, 4) is 0 Å². The van der Waals surface area contributed by atoms with Crippen molar-refractivity contribution in [2.24, 2.45) is 18.7 Å². The van der Waals surface area contributed by atoms with Crippen molar-refractivity contribution in [2.75, 3.05) is 41.3 Å². The van der Waals surface area contributed by atoms with Gasteiger partial charge in [0, 0.05) is 67.3 Å². The van der Waals surface area contributed by atoms with Crippen LogP contribution in [0, 0.1) is 11.7 Å². The Balaban J connectivity index is 0.000000384. The van der Waals surface area contributed by atoms with Gasteiger partial charge in [0.15, 0.2) is 5.82 Å². The van der Waals surface area contributed by atoms with Crippen LogP contribution in [0.5, 0.6) is 0 Å². The molecule has 0 atom stereocenters. The quantitative estimate of drug-likeness (QED) is 0.463. The first kappa shape index (κ1) is 25.2. The number of hydrogen-bond donors (Lipinski definition) is 3. The number of pyridine rings is 1. The number of carbonyl (C=O) groups is 2. The molecule has 5 rings (SSSR count). The Kier molecular flexibility index (Phi) is 6.71. The van der Waals surface area contributed by atoms with Crippen LogP contribution in [0.15, 0.2) is 30.6 Å². The summed E-state index contributed by atoms with van der Waals surface area (Å²) in [7, 11) is 1.73. The van der Waals surface area contributed by atoms with E-state index in [0.717, 1.165) is 30.8 Å². The Morgan fingerprint density at radius 3 is 2.61 bits per heavy atom. The molecule has 0 aliphatic carbocycles. The van der Waals surface area contributed by atoms with Gasteiger partial charge in [-0.05, 0) is 31.2 Å². The topological polar surface area (TPSA) is 130 Å². The Labute approximate surface area is 202 Å². The summed E-state index contributed by atoms with van der Waals surface area (Å²) < 4.78 is 47.6. The van der Waals surface area contributed by atoms with E-state index in [1.807, 2.05) is 6.07 Å². The molecule has 36 heavy (non-hydrogen) atoms. The number of carboxylic acid groups (broad SMARTS) is 1. The number of aromatic nitrogens is 3. The van der Waals surface area contributed by atoms with Gasteiger partial charge < -0.3 is 21.1 Å². The van der Waals surface area contributed by atoms with Gasteiger partial charge in [-0.3, -0.25) is 9.58 Å². The number of nitrogens with two attached hydrogens (primary N) is 1. The molecule has 0 saturated carbocycles. The molecule has 2 aromatic heterocycles. The number of fused-ring (bicyclic) bond motifs is 2. The predicted molar refractivity (Wildman–Crippen MR) is 123 cm³/mol. The van der Waals surface area contributed by atoms with E-state index in [1.165, 1.54) is 6.07 Å². The molecule has 0 spiro atoms. The van der Waals surface area contributed by atoms with E-state index < -0.39 is 18.0 Å². The molecule has 0 unspecified atom stereocenters. The number of alkyl halides is 3. The van der Waals surface area contributed by atoms with Crippen LogP contribution in [0.25, 0.3) is 10.9 Å². The van der Waals surface area contributed by atoms with Gasteiger partial charge in [0.05, 0.1) is 0 Å². The zero-order valence-corrected chi connectivity index (χ0v) is 19.1.